The summed E-state index contributed by atoms with van der Waals surface area (Å²) in [5.74, 6) is 0.0908. The van der Waals surface area contributed by atoms with Crippen LogP contribution in [0.5, 0.6) is 0 Å². The van der Waals surface area contributed by atoms with Gasteiger partial charge < -0.3 is 0 Å². The van der Waals surface area contributed by atoms with Crippen molar-refractivity contribution in [2.45, 2.75) is 70.4 Å². The lowest BCUT2D eigenvalue weighted by Crippen LogP contribution is -2.55. The summed E-state index contributed by atoms with van der Waals surface area (Å²) in [6, 6.07) is 0. The molecule has 0 heterocycles. The Bertz CT molecular complexity index is 233. The molecule has 0 aromatic carbocycles. The van der Waals surface area contributed by atoms with Crippen molar-refractivity contribution in [2.75, 3.05) is 0 Å². The number of hydrogen-bond acceptors (Lipinski definition) is 3. The van der Waals surface area contributed by atoms with Gasteiger partial charge in [0.15, 0.2) is 0 Å². The topological polar surface area (TPSA) is 69.2 Å². The molecule has 0 spiro atoms. The average molecular weight is 228 g/mol. The second-order valence-electron chi connectivity index (χ2n) is 5.04. The van der Waals surface area contributed by atoms with Gasteiger partial charge in [0.2, 0.25) is 0 Å². The quantitative estimate of drug-likeness (QED) is 0.329. The van der Waals surface area contributed by atoms with E-state index >= 15 is 0 Å². The van der Waals surface area contributed by atoms with E-state index in [1.54, 1.807) is 0 Å². The molecule has 2 unspecified atom stereocenters. The molecule has 0 bridgehead atoms. The zero-order valence-electron chi connectivity index (χ0n) is 10.3. The van der Waals surface area contributed by atoms with Crippen LogP contribution < -0.4 is 5.73 Å². The second kappa shape index (κ2) is 6.18. The fraction of sp³-hybridized carbons (Fsp3) is 1.00. The Morgan fingerprint density at radius 3 is 2.75 bits per heavy atom. The van der Waals surface area contributed by atoms with E-state index in [1.165, 1.54) is 19.3 Å². The van der Waals surface area contributed by atoms with Crippen LogP contribution in [0.4, 0.5) is 0 Å². The largest absolute Gasteiger partial charge is 0.275 e. The van der Waals surface area contributed by atoms with Gasteiger partial charge in [0.05, 0.1) is 0 Å². The molecule has 1 saturated carbocycles. The van der Waals surface area contributed by atoms with E-state index in [9.17, 15) is 10.1 Å². The Morgan fingerprint density at radius 1 is 1.38 bits per heavy atom. The highest BCUT2D eigenvalue weighted by Crippen LogP contribution is 2.35. The minimum absolute atomic E-state index is 0.0908. The van der Waals surface area contributed by atoms with Gasteiger partial charge in [-0.1, -0.05) is 39.0 Å². The zero-order chi connectivity index (χ0) is 12.0. The third-order valence-electron chi connectivity index (χ3n) is 3.83. The Labute approximate surface area is 97.7 Å². The molecule has 0 aliphatic heterocycles. The highest BCUT2D eigenvalue weighted by atomic mass is 16.6. The molecule has 1 rings (SSSR count). The first-order valence-electron chi connectivity index (χ1n) is 6.54. The van der Waals surface area contributed by atoms with Crippen molar-refractivity contribution >= 4 is 0 Å². The molecule has 0 radical (unpaired) electrons. The highest BCUT2D eigenvalue weighted by Gasteiger charge is 2.47. The molecule has 0 saturated heterocycles. The summed E-state index contributed by atoms with van der Waals surface area (Å²) >= 11 is 0. The lowest BCUT2D eigenvalue weighted by Gasteiger charge is -2.33. The first kappa shape index (κ1) is 13.4. The average Bonchev–Trinajstić information content (AvgIpc) is 2.26. The Hall–Kier alpha value is -0.640. The fourth-order valence-corrected chi connectivity index (χ4v) is 2.71. The van der Waals surface area contributed by atoms with Crippen molar-refractivity contribution in [1.29, 1.82) is 0 Å². The van der Waals surface area contributed by atoms with Gasteiger partial charge in [-0.05, 0) is 19.3 Å². The number of nitro groups is 1. The van der Waals surface area contributed by atoms with Crippen LogP contribution in [0.25, 0.3) is 0 Å². The predicted octanol–water partition coefficient (Wildman–Crippen LogP) is 3.08. The molecular formula is C12H24N2O2. The van der Waals surface area contributed by atoms with Gasteiger partial charge in [0, 0.05) is 17.3 Å². The van der Waals surface area contributed by atoms with Gasteiger partial charge in [-0.2, -0.15) is 0 Å². The number of nitrogens with zero attached hydrogens (tertiary/aromatic N) is 1. The molecule has 1 aliphatic rings. The van der Waals surface area contributed by atoms with Crippen molar-refractivity contribution in [3.63, 3.8) is 0 Å². The maximum absolute atomic E-state index is 11.1. The first-order valence-corrected chi connectivity index (χ1v) is 6.54. The summed E-state index contributed by atoms with van der Waals surface area (Å²) in [7, 11) is 0. The standard InChI is InChI=1S/C12H24N2O2/c1-2-3-4-5-8-11-9-6-7-10-12(11,13)14(15)16/h11H,2-10,13H2,1H3. The van der Waals surface area contributed by atoms with Gasteiger partial charge in [-0.25, -0.2) is 0 Å². The van der Waals surface area contributed by atoms with E-state index in [-0.39, 0.29) is 10.8 Å². The van der Waals surface area contributed by atoms with E-state index < -0.39 is 5.66 Å². The molecule has 1 fully saturated rings. The van der Waals surface area contributed by atoms with Gasteiger partial charge in [0.25, 0.3) is 5.66 Å². The molecule has 4 heteroatoms. The van der Waals surface area contributed by atoms with Crippen molar-refractivity contribution in [3.8, 4) is 0 Å². The summed E-state index contributed by atoms with van der Waals surface area (Å²) in [5.41, 5.74) is 4.83. The van der Waals surface area contributed by atoms with Gasteiger partial charge in [0.1, 0.15) is 0 Å². The van der Waals surface area contributed by atoms with Crippen LogP contribution in [0.3, 0.4) is 0 Å². The number of rotatable bonds is 6. The van der Waals surface area contributed by atoms with Crippen LogP contribution in [0.1, 0.15) is 64.7 Å². The molecular weight excluding hydrogens is 204 g/mol. The summed E-state index contributed by atoms with van der Waals surface area (Å²) in [6.45, 7) is 2.17. The molecule has 4 nitrogen and oxygen atoms in total. The number of nitrogens with two attached hydrogens (primary N) is 1. The molecule has 2 atom stereocenters. The summed E-state index contributed by atoms with van der Waals surface area (Å²) in [6.07, 6.45) is 9.12. The molecule has 94 valence electrons. The molecule has 0 aromatic heterocycles. The van der Waals surface area contributed by atoms with E-state index in [0.717, 1.165) is 32.1 Å². The third kappa shape index (κ3) is 3.17. The summed E-state index contributed by atoms with van der Waals surface area (Å²) in [5, 5.41) is 11.1. The Kier molecular flexibility index (Phi) is 5.19. The van der Waals surface area contributed by atoms with E-state index in [4.69, 9.17) is 5.73 Å². The lowest BCUT2D eigenvalue weighted by molar-refractivity contribution is -0.584. The molecule has 2 N–H and O–H groups in total. The van der Waals surface area contributed by atoms with E-state index in [2.05, 4.69) is 6.92 Å². The molecule has 16 heavy (non-hydrogen) atoms. The maximum atomic E-state index is 11.1. The lowest BCUT2D eigenvalue weighted by atomic mass is 9.77. The van der Waals surface area contributed by atoms with E-state index in [1.807, 2.05) is 0 Å². The Balaban J connectivity index is 2.44. The third-order valence-corrected chi connectivity index (χ3v) is 3.83. The first-order chi connectivity index (χ1) is 7.61. The van der Waals surface area contributed by atoms with Crippen molar-refractivity contribution in [2.24, 2.45) is 11.7 Å². The van der Waals surface area contributed by atoms with Crippen LogP contribution in [-0.4, -0.2) is 10.6 Å². The van der Waals surface area contributed by atoms with Crippen LogP contribution in [0, 0.1) is 16.0 Å². The second-order valence-corrected chi connectivity index (χ2v) is 5.04. The highest BCUT2D eigenvalue weighted by molar-refractivity contribution is 4.85. The smallest absolute Gasteiger partial charge is 0.266 e. The summed E-state index contributed by atoms with van der Waals surface area (Å²) in [4.78, 5) is 10.8. The van der Waals surface area contributed by atoms with Crippen molar-refractivity contribution in [3.05, 3.63) is 10.1 Å². The van der Waals surface area contributed by atoms with Gasteiger partial charge in [-0.3, -0.25) is 15.8 Å². The van der Waals surface area contributed by atoms with Crippen molar-refractivity contribution in [1.82, 2.24) is 0 Å². The van der Waals surface area contributed by atoms with Gasteiger partial charge in [-0.15, -0.1) is 0 Å². The minimum Gasteiger partial charge on any atom is -0.266 e. The maximum Gasteiger partial charge on any atom is 0.275 e. The van der Waals surface area contributed by atoms with Crippen LogP contribution >= 0.6 is 0 Å². The fourth-order valence-electron chi connectivity index (χ4n) is 2.71. The predicted molar refractivity (Wildman–Crippen MR) is 64.6 cm³/mol. The Morgan fingerprint density at radius 2 is 2.12 bits per heavy atom. The number of hydrogen-bond donors (Lipinski definition) is 1. The molecule has 1 aliphatic carbocycles. The van der Waals surface area contributed by atoms with Crippen LogP contribution in [0.2, 0.25) is 0 Å². The zero-order valence-corrected chi connectivity index (χ0v) is 10.3. The minimum atomic E-state index is -1.13. The molecule has 0 aromatic rings. The van der Waals surface area contributed by atoms with E-state index in [0.29, 0.717) is 6.42 Å². The van der Waals surface area contributed by atoms with Crippen molar-refractivity contribution < 1.29 is 4.92 Å². The monoisotopic (exact) mass is 228 g/mol. The summed E-state index contributed by atoms with van der Waals surface area (Å²) < 4.78 is 0. The van der Waals surface area contributed by atoms with Crippen LogP contribution in [0.15, 0.2) is 0 Å². The van der Waals surface area contributed by atoms with Gasteiger partial charge >= 0.3 is 0 Å². The molecule has 0 amide bonds. The SMILES string of the molecule is CCCCCCC1CCCCC1(N)[N+](=O)[O-]. The number of unbranched alkanes of at least 4 members (excludes halogenated alkanes) is 3. The van der Waals surface area contributed by atoms with Crippen LogP contribution in [-0.2, 0) is 0 Å². The normalized spacial score (nSPS) is 30.2.